The summed E-state index contributed by atoms with van der Waals surface area (Å²) < 4.78 is 14.3. The number of carbonyl (C=O) groups is 1. The van der Waals surface area contributed by atoms with Crippen molar-refractivity contribution in [2.45, 2.75) is 37.5 Å². The summed E-state index contributed by atoms with van der Waals surface area (Å²) in [5.74, 6) is -1.26. The molecule has 110 valence electrons. The molecule has 1 N–H and O–H groups in total. The SMILES string of the molecule is O=C(O)c1csc(C2(c3ccccc3F)CCCCC2)n1. The maximum atomic E-state index is 14.3. The predicted molar refractivity (Wildman–Crippen MR) is 79.3 cm³/mol. The van der Waals surface area contributed by atoms with E-state index >= 15 is 0 Å². The highest BCUT2D eigenvalue weighted by molar-refractivity contribution is 7.10. The molecular formula is C16H16FNO2S. The Morgan fingerprint density at radius 1 is 1.24 bits per heavy atom. The lowest BCUT2D eigenvalue weighted by Crippen LogP contribution is -2.31. The van der Waals surface area contributed by atoms with Gasteiger partial charge in [-0.1, -0.05) is 37.5 Å². The van der Waals surface area contributed by atoms with E-state index in [-0.39, 0.29) is 11.5 Å². The van der Waals surface area contributed by atoms with Gasteiger partial charge in [0.15, 0.2) is 5.69 Å². The molecule has 0 saturated heterocycles. The Morgan fingerprint density at radius 2 is 1.95 bits per heavy atom. The van der Waals surface area contributed by atoms with Crippen molar-refractivity contribution in [3.05, 3.63) is 51.7 Å². The summed E-state index contributed by atoms with van der Waals surface area (Å²) in [6.07, 6.45) is 4.79. The molecule has 1 fully saturated rings. The zero-order valence-corrected chi connectivity index (χ0v) is 12.3. The van der Waals surface area contributed by atoms with Crippen molar-refractivity contribution < 1.29 is 14.3 Å². The molecule has 0 unspecified atom stereocenters. The van der Waals surface area contributed by atoms with Crippen molar-refractivity contribution in [3.8, 4) is 0 Å². The lowest BCUT2D eigenvalue weighted by Gasteiger charge is -2.36. The zero-order chi connectivity index (χ0) is 14.9. The second-order valence-corrected chi connectivity index (χ2v) is 6.32. The largest absolute Gasteiger partial charge is 0.476 e. The van der Waals surface area contributed by atoms with Gasteiger partial charge in [-0.25, -0.2) is 14.2 Å². The molecule has 0 atom stereocenters. The monoisotopic (exact) mass is 305 g/mol. The molecule has 3 rings (SSSR count). The average Bonchev–Trinajstić information content (AvgIpc) is 2.99. The van der Waals surface area contributed by atoms with Gasteiger partial charge in [0, 0.05) is 10.9 Å². The highest BCUT2D eigenvalue weighted by Gasteiger charge is 2.40. The summed E-state index contributed by atoms with van der Waals surface area (Å²) in [6, 6.07) is 6.79. The fraction of sp³-hybridized carbons (Fsp3) is 0.375. The molecular weight excluding hydrogens is 289 g/mol. The van der Waals surface area contributed by atoms with Gasteiger partial charge in [-0.15, -0.1) is 11.3 Å². The number of carboxylic acids is 1. The highest BCUT2D eigenvalue weighted by Crippen LogP contribution is 2.46. The molecule has 0 radical (unpaired) electrons. The van der Waals surface area contributed by atoms with Crippen molar-refractivity contribution >= 4 is 17.3 Å². The van der Waals surface area contributed by atoms with Gasteiger partial charge in [-0.05, 0) is 18.9 Å². The molecule has 21 heavy (non-hydrogen) atoms. The maximum Gasteiger partial charge on any atom is 0.355 e. The molecule has 3 nitrogen and oxygen atoms in total. The van der Waals surface area contributed by atoms with Crippen LogP contribution < -0.4 is 0 Å². The highest BCUT2D eigenvalue weighted by atomic mass is 32.1. The van der Waals surface area contributed by atoms with Crippen LogP contribution in [-0.4, -0.2) is 16.1 Å². The predicted octanol–water partition coefficient (Wildman–Crippen LogP) is 4.23. The Balaban J connectivity index is 2.12. The zero-order valence-electron chi connectivity index (χ0n) is 11.5. The number of hydrogen-bond donors (Lipinski definition) is 1. The summed E-state index contributed by atoms with van der Waals surface area (Å²) in [5.41, 5.74) is 0.231. The number of hydrogen-bond acceptors (Lipinski definition) is 3. The van der Waals surface area contributed by atoms with Crippen molar-refractivity contribution in [2.75, 3.05) is 0 Å². The van der Waals surface area contributed by atoms with Gasteiger partial charge in [0.25, 0.3) is 0 Å². The lowest BCUT2D eigenvalue weighted by atomic mass is 9.69. The first kappa shape index (κ1) is 14.2. The van der Waals surface area contributed by atoms with Crippen LogP contribution in [0.1, 0.15) is 53.2 Å². The molecule has 0 aliphatic heterocycles. The van der Waals surface area contributed by atoms with Crippen LogP contribution in [-0.2, 0) is 5.41 Å². The maximum absolute atomic E-state index is 14.3. The number of aromatic nitrogens is 1. The Labute approximate surface area is 126 Å². The van der Waals surface area contributed by atoms with Crippen LogP contribution in [0.4, 0.5) is 4.39 Å². The number of rotatable bonds is 3. The molecule has 1 heterocycles. The van der Waals surface area contributed by atoms with Crippen molar-refractivity contribution in [1.82, 2.24) is 4.98 Å². The topological polar surface area (TPSA) is 50.2 Å². The minimum Gasteiger partial charge on any atom is -0.476 e. The normalized spacial score (nSPS) is 17.6. The first-order valence-electron chi connectivity index (χ1n) is 7.08. The van der Waals surface area contributed by atoms with E-state index in [2.05, 4.69) is 4.98 Å². The number of halogens is 1. The third-order valence-corrected chi connectivity index (χ3v) is 5.28. The second kappa shape index (κ2) is 5.56. The van der Waals surface area contributed by atoms with Crippen molar-refractivity contribution in [1.29, 1.82) is 0 Å². The number of nitrogens with zero attached hydrogens (tertiary/aromatic N) is 1. The van der Waals surface area contributed by atoms with Crippen molar-refractivity contribution in [3.63, 3.8) is 0 Å². The molecule has 1 saturated carbocycles. The van der Waals surface area contributed by atoms with E-state index in [4.69, 9.17) is 5.11 Å². The fourth-order valence-electron chi connectivity index (χ4n) is 3.19. The molecule has 1 aliphatic rings. The second-order valence-electron chi connectivity index (χ2n) is 5.47. The number of carboxylic acid groups (broad SMARTS) is 1. The van der Waals surface area contributed by atoms with Crippen LogP contribution in [0.15, 0.2) is 29.6 Å². The van der Waals surface area contributed by atoms with E-state index in [1.54, 1.807) is 11.4 Å². The third kappa shape index (κ3) is 2.46. The van der Waals surface area contributed by atoms with Gasteiger partial charge in [0.05, 0.1) is 5.41 Å². The first-order valence-corrected chi connectivity index (χ1v) is 7.96. The molecule has 0 spiro atoms. The Bertz CT molecular complexity index is 662. The minimum absolute atomic E-state index is 0.0521. The van der Waals surface area contributed by atoms with Gasteiger partial charge < -0.3 is 5.11 Å². The number of thiazole rings is 1. The number of benzene rings is 1. The smallest absolute Gasteiger partial charge is 0.355 e. The molecule has 1 aromatic carbocycles. The number of aromatic carboxylic acids is 1. The molecule has 5 heteroatoms. The Morgan fingerprint density at radius 3 is 2.57 bits per heavy atom. The van der Waals surface area contributed by atoms with Crippen LogP contribution in [0.5, 0.6) is 0 Å². The fourth-order valence-corrected chi connectivity index (χ4v) is 4.26. The van der Waals surface area contributed by atoms with Crippen LogP contribution in [0.25, 0.3) is 0 Å². The Hall–Kier alpha value is -1.75. The van der Waals surface area contributed by atoms with E-state index in [1.807, 2.05) is 12.1 Å². The lowest BCUT2D eigenvalue weighted by molar-refractivity contribution is 0.0691. The van der Waals surface area contributed by atoms with E-state index in [0.29, 0.717) is 5.56 Å². The van der Waals surface area contributed by atoms with Crippen LogP contribution >= 0.6 is 11.3 Å². The van der Waals surface area contributed by atoms with E-state index in [1.165, 1.54) is 17.4 Å². The van der Waals surface area contributed by atoms with Crippen LogP contribution in [0.3, 0.4) is 0 Å². The molecule has 2 aromatic rings. The molecule has 1 aliphatic carbocycles. The van der Waals surface area contributed by atoms with Crippen LogP contribution in [0, 0.1) is 5.82 Å². The van der Waals surface area contributed by atoms with Gasteiger partial charge in [-0.2, -0.15) is 0 Å². The molecule has 0 bridgehead atoms. The molecule has 0 amide bonds. The average molecular weight is 305 g/mol. The standard InChI is InChI=1S/C16H16FNO2S/c17-12-7-3-2-6-11(12)16(8-4-1-5-9-16)15-18-13(10-21-15)14(19)20/h2-3,6-7,10H,1,4-5,8-9H2,(H,19,20). The summed E-state index contributed by atoms with van der Waals surface area (Å²) in [7, 11) is 0. The van der Waals surface area contributed by atoms with Gasteiger partial charge in [0.2, 0.25) is 0 Å². The summed E-state index contributed by atoms with van der Waals surface area (Å²) in [5, 5.41) is 11.4. The summed E-state index contributed by atoms with van der Waals surface area (Å²) in [4.78, 5) is 15.4. The minimum atomic E-state index is -1.03. The van der Waals surface area contributed by atoms with Gasteiger partial charge in [-0.3, -0.25) is 0 Å². The van der Waals surface area contributed by atoms with Crippen molar-refractivity contribution in [2.24, 2.45) is 0 Å². The summed E-state index contributed by atoms with van der Waals surface area (Å²) >= 11 is 1.33. The third-order valence-electron chi connectivity index (χ3n) is 4.23. The molecule has 1 aromatic heterocycles. The quantitative estimate of drug-likeness (QED) is 0.923. The van der Waals surface area contributed by atoms with Crippen LogP contribution in [0.2, 0.25) is 0 Å². The van der Waals surface area contributed by atoms with E-state index in [9.17, 15) is 9.18 Å². The first-order chi connectivity index (χ1) is 10.1. The summed E-state index contributed by atoms with van der Waals surface area (Å²) in [6.45, 7) is 0. The Kier molecular flexibility index (Phi) is 3.76. The van der Waals surface area contributed by atoms with Gasteiger partial charge in [0.1, 0.15) is 10.8 Å². The van der Waals surface area contributed by atoms with E-state index in [0.717, 1.165) is 37.1 Å². The van der Waals surface area contributed by atoms with E-state index < -0.39 is 11.4 Å². The van der Waals surface area contributed by atoms with Gasteiger partial charge >= 0.3 is 5.97 Å².